The molecule has 1 atom stereocenters. The highest BCUT2D eigenvalue weighted by Gasteiger charge is 2.44. The smallest absolute Gasteiger partial charge is 0.239 e. The number of halogens is 1. The van der Waals surface area contributed by atoms with E-state index in [4.69, 9.17) is 29.0 Å². The quantitative estimate of drug-likeness (QED) is 0.778. The molecule has 1 aromatic rings. The van der Waals surface area contributed by atoms with Gasteiger partial charge in [0.1, 0.15) is 9.22 Å². The molecule has 1 saturated heterocycles. The zero-order valence-electron chi connectivity index (χ0n) is 12.1. The normalized spacial score (nSPS) is 22.6. The van der Waals surface area contributed by atoms with Crippen LogP contribution in [0.4, 0.5) is 0 Å². The molecule has 3 N–H and O–H groups in total. The molecular formula is C13H17ClN2O3S3. The average Bonchev–Trinajstić information content (AvgIpc) is 2.67. The summed E-state index contributed by atoms with van der Waals surface area (Å²) in [5, 5.41) is 16.3. The van der Waals surface area contributed by atoms with E-state index in [1.165, 1.54) is 23.9 Å². The first-order chi connectivity index (χ1) is 10.1. The molecule has 22 heavy (non-hydrogen) atoms. The van der Waals surface area contributed by atoms with Gasteiger partial charge in [-0.05, 0) is 18.1 Å². The molecular weight excluding hydrogens is 364 g/mol. The van der Waals surface area contributed by atoms with E-state index < -0.39 is 15.7 Å². The monoisotopic (exact) mass is 380 g/mol. The first-order valence-electron chi connectivity index (χ1n) is 6.55. The molecule has 2 rings (SSSR count). The van der Waals surface area contributed by atoms with Gasteiger partial charge in [0, 0.05) is 12.1 Å². The third-order valence-corrected chi connectivity index (χ3v) is 6.29. The zero-order valence-corrected chi connectivity index (χ0v) is 15.3. The Bertz CT molecular complexity index is 708. The Hall–Kier alpha value is -0.380. The highest BCUT2D eigenvalue weighted by Crippen LogP contribution is 2.40. The Labute approximate surface area is 144 Å². The third-order valence-electron chi connectivity index (χ3n) is 3.31. The molecule has 1 aromatic carbocycles. The molecule has 0 amide bonds. The van der Waals surface area contributed by atoms with Gasteiger partial charge in [0.15, 0.2) is 5.72 Å². The highest BCUT2D eigenvalue weighted by molar-refractivity contribution is 8.23. The Balaban J connectivity index is 2.52. The van der Waals surface area contributed by atoms with Gasteiger partial charge in [0.25, 0.3) is 0 Å². The Kier molecular flexibility index (Phi) is 5.11. The summed E-state index contributed by atoms with van der Waals surface area (Å²) in [4.78, 5) is 1.51. The van der Waals surface area contributed by atoms with Crippen molar-refractivity contribution in [1.29, 1.82) is 0 Å². The van der Waals surface area contributed by atoms with Crippen LogP contribution in [0.25, 0.3) is 0 Å². The number of hydrogen-bond acceptors (Lipinski definition) is 5. The predicted molar refractivity (Wildman–Crippen MR) is 93.3 cm³/mol. The van der Waals surface area contributed by atoms with E-state index in [9.17, 15) is 13.5 Å². The van der Waals surface area contributed by atoms with Gasteiger partial charge in [0.05, 0.1) is 10.8 Å². The van der Waals surface area contributed by atoms with Crippen LogP contribution in [0.3, 0.4) is 0 Å². The summed E-state index contributed by atoms with van der Waals surface area (Å²) in [6.45, 7) is 4.60. The maximum Gasteiger partial charge on any atom is 0.239 e. The van der Waals surface area contributed by atoms with Crippen LogP contribution in [0.15, 0.2) is 23.1 Å². The number of benzene rings is 1. The molecule has 122 valence electrons. The van der Waals surface area contributed by atoms with Gasteiger partial charge in [-0.2, -0.15) is 0 Å². The van der Waals surface area contributed by atoms with E-state index >= 15 is 0 Å². The summed E-state index contributed by atoms with van der Waals surface area (Å²) >= 11 is 12.6. The van der Waals surface area contributed by atoms with Gasteiger partial charge in [-0.15, -0.1) is 0 Å². The SMILES string of the molecule is CC(C)CN1C(=S)SCC1(O)c1ccc(Cl)c(S(N)(=O)=O)c1. The highest BCUT2D eigenvalue weighted by atomic mass is 35.5. The van der Waals surface area contributed by atoms with Crippen LogP contribution in [0.1, 0.15) is 19.4 Å². The second kappa shape index (κ2) is 6.26. The second-order valence-electron chi connectivity index (χ2n) is 5.57. The molecule has 1 unspecified atom stereocenters. The largest absolute Gasteiger partial charge is 0.366 e. The number of nitrogens with two attached hydrogens (primary N) is 1. The molecule has 0 aromatic heterocycles. The fraction of sp³-hybridized carbons (Fsp3) is 0.462. The lowest BCUT2D eigenvalue weighted by molar-refractivity contribution is -0.0511. The third kappa shape index (κ3) is 3.42. The molecule has 5 nitrogen and oxygen atoms in total. The summed E-state index contributed by atoms with van der Waals surface area (Å²) < 4.78 is 23.8. The first kappa shape index (κ1) is 18.0. The van der Waals surface area contributed by atoms with Crippen LogP contribution in [-0.4, -0.2) is 35.0 Å². The molecule has 1 aliphatic heterocycles. The van der Waals surface area contributed by atoms with E-state index in [1.807, 2.05) is 13.8 Å². The molecule has 9 heteroatoms. The van der Waals surface area contributed by atoms with Crippen LogP contribution in [-0.2, 0) is 15.7 Å². The lowest BCUT2D eigenvalue weighted by atomic mass is 10.0. The lowest BCUT2D eigenvalue weighted by Crippen LogP contribution is -2.46. The van der Waals surface area contributed by atoms with Crippen molar-refractivity contribution in [2.75, 3.05) is 12.3 Å². The van der Waals surface area contributed by atoms with Crippen LogP contribution in [0.5, 0.6) is 0 Å². The molecule has 0 bridgehead atoms. The minimum Gasteiger partial charge on any atom is -0.366 e. The maximum absolute atomic E-state index is 11.6. The summed E-state index contributed by atoms with van der Waals surface area (Å²) in [6, 6.07) is 4.34. The fourth-order valence-corrected chi connectivity index (χ4v) is 4.77. The molecule has 1 aliphatic rings. The van der Waals surface area contributed by atoms with E-state index in [1.54, 1.807) is 11.0 Å². The topological polar surface area (TPSA) is 83.6 Å². The molecule has 1 heterocycles. The van der Waals surface area contributed by atoms with Gasteiger partial charge < -0.3 is 10.0 Å². The number of aliphatic hydroxyl groups is 1. The first-order valence-corrected chi connectivity index (χ1v) is 9.87. The van der Waals surface area contributed by atoms with E-state index in [-0.39, 0.29) is 15.8 Å². The fourth-order valence-electron chi connectivity index (χ4n) is 2.27. The standard InChI is InChI=1S/C13H17ClN2O3S3/c1-8(2)6-16-12(20)21-7-13(16,17)9-3-4-10(14)11(5-9)22(15,18)19/h3-5,8,17H,6-7H2,1-2H3,(H2,15,18,19). The number of sulfonamides is 1. The zero-order chi connectivity index (χ0) is 16.7. The maximum atomic E-state index is 11.6. The van der Waals surface area contributed by atoms with Crippen LogP contribution in [0.2, 0.25) is 5.02 Å². The van der Waals surface area contributed by atoms with Crippen molar-refractivity contribution in [3.8, 4) is 0 Å². The van der Waals surface area contributed by atoms with Crippen molar-refractivity contribution in [1.82, 2.24) is 4.90 Å². The second-order valence-corrected chi connectivity index (χ2v) is 9.11. The Morgan fingerprint density at radius 3 is 2.73 bits per heavy atom. The summed E-state index contributed by atoms with van der Waals surface area (Å²) in [7, 11) is -3.97. The van der Waals surface area contributed by atoms with E-state index in [2.05, 4.69) is 0 Å². The molecule has 0 saturated carbocycles. The minimum absolute atomic E-state index is 0.0264. The van der Waals surface area contributed by atoms with Crippen molar-refractivity contribution in [2.24, 2.45) is 11.1 Å². The number of thioether (sulfide) groups is 1. The van der Waals surface area contributed by atoms with Crippen molar-refractivity contribution >= 4 is 49.9 Å². The number of thiocarbonyl (C=S) groups is 1. The van der Waals surface area contributed by atoms with Crippen molar-refractivity contribution < 1.29 is 13.5 Å². The van der Waals surface area contributed by atoms with Gasteiger partial charge in [0.2, 0.25) is 10.0 Å². The summed E-state index contributed by atoms with van der Waals surface area (Å²) in [5.74, 6) is 0.609. The molecule has 0 aliphatic carbocycles. The van der Waals surface area contributed by atoms with Crippen molar-refractivity contribution in [3.63, 3.8) is 0 Å². The number of rotatable bonds is 4. The van der Waals surface area contributed by atoms with Crippen LogP contribution >= 0.6 is 35.6 Å². The molecule has 0 spiro atoms. The summed E-state index contributed by atoms with van der Waals surface area (Å²) in [5.41, 5.74) is -0.954. The Morgan fingerprint density at radius 1 is 1.55 bits per heavy atom. The van der Waals surface area contributed by atoms with E-state index in [0.29, 0.717) is 22.2 Å². The van der Waals surface area contributed by atoms with Crippen LogP contribution < -0.4 is 5.14 Å². The average molecular weight is 381 g/mol. The van der Waals surface area contributed by atoms with Gasteiger partial charge >= 0.3 is 0 Å². The van der Waals surface area contributed by atoms with Crippen molar-refractivity contribution in [3.05, 3.63) is 28.8 Å². The van der Waals surface area contributed by atoms with Crippen molar-refractivity contribution in [2.45, 2.75) is 24.5 Å². The molecule has 1 fully saturated rings. The lowest BCUT2D eigenvalue weighted by Gasteiger charge is -2.35. The predicted octanol–water partition coefficient (Wildman–Crippen LogP) is 2.12. The Morgan fingerprint density at radius 2 is 2.18 bits per heavy atom. The number of nitrogens with zero attached hydrogens (tertiary/aromatic N) is 1. The number of hydrogen-bond donors (Lipinski definition) is 2. The molecule has 0 radical (unpaired) electrons. The minimum atomic E-state index is -3.97. The number of primary sulfonamides is 1. The van der Waals surface area contributed by atoms with Gasteiger partial charge in [-0.25, -0.2) is 13.6 Å². The van der Waals surface area contributed by atoms with Gasteiger partial charge in [-0.3, -0.25) is 0 Å². The summed E-state index contributed by atoms with van der Waals surface area (Å²) in [6.07, 6.45) is 0. The van der Waals surface area contributed by atoms with E-state index in [0.717, 1.165) is 0 Å². The van der Waals surface area contributed by atoms with Gasteiger partial charge in [-0.1, -0.05) is 55.5 Å². The van der Waals surface area contributed by atoms with Crippen LogP contribution in [0, 0.1) is 5.92 Å².